The smallest absolute Gasteiger partial charge is 0.119 e. The molecule has 3 nitrogen and oxygen atoms in total. The minimum absolute atomic E-state index is 0.0991. The highest BCUT2D eigenvalue weighted by Crippen LogP contribution is 2.28. The van der Waals surface area contributed by atoms with Gasteiger partial charge in [-0.15, -0.1) is 0 Å². The Balaban J connectivity index is 1.60. The van der Waals surface area contributed by atoms with Gasteiger partial charge in [0.05, 0.1) is 6.10 Å². The Kier molecular flexibility index (Phi) is 10.9. The van der Waals surface area contributed by atoms with Gasteiger partial charge >= 0.3 is 0 Å². The zero-order valence-corrected chi connectivity index (χ0v) is 24.2. The predicted octanol–water partition coefficient (Wildman–Crippen LogP) is 9.04. The molecule has 3 aromatic rings. The molecule has 1 heterocycles. The minimum atomic E-state index is 0.0991. The molecular formula is C36H45NO2. The summed E-state index contributed by atoms with van der Waals surface area (Å²) in [5.74, 6) is 1.43. The Morgan fingerprint density at radius 3 is 2.64 bits per heavy atom. The second kappa shape index (κ2) is 14.7. The highest BCUT2D eigenvalue weighted by molar-refractivity contribution is 5.81. The number of ether oxygens (including phenoxy) is 2. The van der Waals surface area contributed by atoms with Crippen LogP contribution in [-0.4, -0.2) is 23.9 Å². The normalized spacial score (nSPS) is 16.3. The maximum Gasteiger partial charge on any atom is 0.119 e. The summed E-state index contributed by atoms with van der Waals surface area (Å²) >= 11 is 0. The van der Waals surface area contributed by atoms with Crippen molar-refractivity contribution in [3.63, 3.8) is 0 Å². The maximum absolute atomic E-state index is 6.52. The molecule has 0 N–H and O–H groups in total. The number of fused-ring (bicyclic) bond motifs is 1. The summed E-state index contributed by atoms with van der Waals surface area (Å²) in [6, 6.07) is 19.6. The lowest BCUT2D eigenvalue weighted by molar-refractivity contribution is 0.0514. The van der Waals surface area contributed by atoms with Gasteiger partial charge in [-0.3, -0.25) is 0 Å². The van der Waals surface area contributed by atoms with E-state index in [0.717, 1.165) is 51.0 Å². The van der Waals surface area contributed by atoms with Crippen LogP contribution in [0.1, 0.15) is 58.2 Å². The fourth-order valence-corrected chi connectivity index (χ4v) is 5.13. The van der Waals surface area contributed by atoms with Crippen LogP contribution >= 0.6 is 0 Å². The van der Waals surface area contributed by atoms with Crippen LogP contribution in [0.3, 0.4) is 0 Å². The van der Waals surface area contributed by atoms with Gasteiger partial charge in [0.15, 0.2) is 0 Å². The lowest BCUT2D eigenvalue weighted by atomic mass is 10.0. The van der Waals surface area contributed by atoms with Crippen LogP contribution in [0, 0.1) is 5.92 Å². The van der Waals surface area contributed by atoms with Gasteiger partial charge in [0.1, 0.15) is 12.4 Å². The zero-order chi connectivity index (χ0) is 27.5. The third kappa shape index (κ3) is 8.34. The van der Waals surface area contributed by atoms with Gasteiger partial charge in [-0.25, -0.2) is 0 Å². The number of allylic oxidation sites excluding steroid dienone is 5. The highest BCUT2D eigenvalue weighted by Gasteiger charge is 2.21. The molecule has 0 saturated heterocycles. The van der Waals surface area contributed by atoms with Crippen molar-refractivity contribution >= 4 is 10.9 Å². The first-order valence-electron chi connectivity index (χ1n) is 14.6. The number of benzene rings is 2. The fraction of sp³-hybridized carbons (Fsp3) is 0.389. The molecule has 1 atom stereocenters. The summed E-state index contributed by atoms with van der Waals surface area (Å²) in [6.45, 7) is 10.9. The van der Waals surface area contributed by atoms with E-state index in [1.807, 2.05) is 6.92 Å². The van der Waals surface area contributed by atoms with E-state index < -0.39 is 0 Å². The van der Waals surface area contributed by atoms with Crippen molar-refractivity contribution in [1.82, 2.24) is 4.57 Å². The van der Waals surface area contributed by atoms with Gasteiger partial charge in [0, 0.05) is 30.8 Å². The number of para-hydroxylation sites is 1. The van der Waals surface area contributed by atoms with Gasteiger partial charge in [-0.1, -0.05) is 94.0 Å². The van der Waals surface area contributed by atoms with Crippen LogP contribution in [0.15, 0.2) is 102 Å². The lowest BCUT2D eigenvalue weighted by Gasteiger charge is -2.23. The molecule has 4 rings (SSSR count). The molecule has 0 aliphatic heterocycles. The number of nitrogens with zero attached hydrogens (tertiary/aromatic N) is 1. The Morgan fingerprint density at radius 1 is 1.05 bits per heavy atom. The molecular weight excluding hydrogens is 478 g/mol. The largest absolute Gasteiger partial charge is 0.489 e. The van der Waals surface area contributed by atoms with E-state index in [9.17, 15) is 0 Å². The first kappa shape index (κ1) is 28.7. The molecule has 1 aliphatic rings. The second-order valence-corrected chi connectivity index (χ2v) is 10.9. The van der Waals surface area contributed by atoms with E-state index >= 15 is 0 Å². The molecule has 1 aromatic heterocycles. The third-order valence-corrected chi connectivity index (χ3v) is 7.12. The zero-order valence-electron chi connectivity index (χ0n) is 24.2. The third-order valence-electron chi connectivity index (χ3n) is 7.12. The summed E-state index contributed by atoms with van der Waals surface area (Å²) in [6.07, 6.45) is 18.4. The molecule has 0 saturated carbocycles. The number of rotatable bonds is 13. The van der Waals surface area contributed by atoms with E-state index in [0.29, 0.717) is 12.5 Å². The molecule has 0 spiro atoms. The van der Waals surface area contributed by atoms with Crippen molar-refractivity contribution in [2.24, 2.45) is 5.92 Å². The Bertz CT molecular complexity index is 1300. The Hall–Kier alpha value is -3.30. The van der Waals surface area contributed by atoms with Crippen LogP contribution in [0.5, 0.6) is 5.75 Å². The van der Waals surface area contributed by atoms with Crippen molar-refractivity contribution in [2.75, 3.05) is 13.2 Å². The quantitative estimate of drug-likeness (QED) is 0.209. The molecule has 0 radical (unpaired) electrons. The highest BCUT2D eigenvalue weighted by atomic mass is 16.5. The van der Waals surface area contributed by atoms with Crippen molar-refractivity contribution < 1.29 is 9.47 Å². The first-order valence-corrected chi connectivity index (χ1v) is 14.6. The van der Waals surface area contributed by atoms with Gasteiger partial charge in [-0.2, -0.15) is 0 Å². The topological polar surface area (TPSA) is 23.4 Å². The SMILES string of the molecule is C/C=C\C=C/Cc1cc2ccccc2n1CC1=CC(COc2ccc(CCC)cc2)=CCCC1OCC(C)C. The van der Waals surface area contributed by atoms with Crippen LogP contribution in [0.4, 0.5) is 0 Å². The number of hydrogen-bond acceptors (Lipinski definition) is 2. The van der Waals surface area contributed by atoms with Gasteiger partial charge < -0.3 is 14.0 Å². The number of aryl methyl sites for hydroxylation is 1. The van der Waals surface area contributed by atoms with Crippen molar-refractivity contribution in [2.45, 2.75) is 72.4 Å². The van der Waals surface area contributed by atoms with E-state index in [-0.39, 0.29) is 6.10 Å². The maximum atomic E-state index is 6.52. The summed E-state index contributed by atoms with van der Waals surface area (Å²) in [5, 5.41) is 1.28. The van der Waals surface area contributed by atoms with Crippen molar-refractivity contribution in [1.29, 1.82) is 0 Å². The van der Waals surface area contributed by atoms with Crippen LogP contribution in [0.2, 0.25) is 0 Å². The molecule has 1 unspecified atom stereocenters. The van der Waals surface area contributed by atoms with E-state index in [1.54, 1.807) is 0 Å². The summed E-state index contributed by atoms with van der Waals surface area (Å²) in [4.78, 5) is 0. The molecule has 1 aliphatic carbocycles. The molecule has 0 amide bonds. The van der Waals surface area contributed by atoms with Crippen molar-refractivity contribution in [3.8, 4) is 5.75 Å². The summed E-state index contributed by atoms with van der Waals surface area (Å²) in [5.41, 5.74) is 6.50. The second-order valence-electron chi connectivity index (χ2n) is 10.9. The Morgan fingerprint density at radius 2 is 1.87 bits per heavy atom. The van der Waals surface area contributed by atoms with E-state index in [2.05, 4.69) is 116 Å². The molecule has 2 aromatic carbocycles. The fourth-order valence-electron chi connectivity index (χ4n) is 5.13. The number of hydrogen-bond donors (Lipinski definition) is 0. The minimum Gasteiger partial charge on any atom is -0.489 e. The summed E-state index contributed by atoms with van der Waals surface area (Å²) < 4.78 is 15.2. The number of aromatic nitrogens is 1. The molecule has 206 valence electrons. The van der Waals surface area contributed by atoms with Crippen molar-refractivity contribution in [3.05, 3.63) is 113 Å². The van der Waals surface area contributed by atoms with E-state index in [1.165, 1.54) is 33.3 Å². The molecule has 0 fully saturated rings. The average Bonchev–Trinajstić information content (AvgIpc) is 3.16. The first-order chi connectivity index (χ1) is 19.1. The standard InChI is InChI=1S/C36H45NO2/c1-5-7-8-9-16-33-24-31-15-10-11-17-35(31)37(33)25-32-23-30(14-12-18-36(32)39-26-28(3)4)27-38-34-21-19-29(13-6-2)20-22-34/h5,7-11,14-15,17,19-24,28,36H,6,12-13,16,18,25-27H2,1-4H3/b7-5-,9-8-. The van der Waals surface area contributed by atoms with Gasteiger partial charge in [0.2, 0.25) is 0 Å². The van der Waals surface area contributed by atoms with Gasteiger partial charge in [-0.05, 0) is 78.5 Å². The van der Waals surface area contributed by atoms with Crippen LogP contribution in [0.25, 0.3) is 10.9 Å². The van der Waals surface area contributed by atoms with Crippen LogP contribution < -0.4 is 4.74 Å². The average molecular weight is 524 g/mol. The molecule has 0 bridgehead atoms. The lowest BCUT2D eigenvalue weighted by Crippen LogP contribution is -2.22. The molecule has 39 heavy (non-hydrogen) atoms. The molecule has 3 heteroatoms. The van der Waals surface area contributed by atoms with Crippen LogP contribution in [-0.2, 0) is 24.1 Å². The Labute approximate surface area is 235 Å². The monoisotopic (exact) mass is 523 g/mol. The van der Waals surface area contributed by atoms with Gasteiger partial charge in [0.25, 0.3) is 0 Å². The predicted molar refractivity (Wildman–Crippen MR) is 166 cm³/mol. The van der Waals surface area contributed by atoms with E-state index in [4.69, 9.17) is 9.47 Å². The summed E-state index contributed by atoms with van der Waals surface area (Å²) in [7, 11) is 0.